The van der Waals surface area contributed by atoms with Crippen LogP contribution in [0, 0.1) is 6.92 Å². The van der Waals surface area contributed by atoms with Crippen molar-refractivity contribution in [2.45, 2.75) is 20.8 Å². The van der Waals surface area contributed by atoms with E-state index in [4.69, 9.17) is 0 Å². The minimum Gasteiger partial charge on any atom is -0.302 e. The van der Waals surface area contributed by atoms with Crippen LogP contribution >= 0.6 is 0 Å². The standard InChI is InChI=1S/C7H9N3.C2H6/c1-5-2-3-6-7(4-5)9-10-8-6;1-2/h2-4,8-10H,1H3;1-2H3. The zero-order chi connectivity index (χ0) is 8.97. The minimum absolute atomic E-state index is 1.10. The molecule has 1 aliphatic heterocycles. The van der Waals surface area contributed by atoms with Crippen molar-refractivity contribution in [2.75, 3.05) is 10.9 Å². The molecule has 1 aromatic rings. The molecule has 3 nitrogen and oxygen atoms in total. The lowest BCUT2D eigenvalue weighted by Gasteiger charge is -1.96. The summed E-state index contributed by atoms with van der Waals surface area (Å²) in [6, 6.07) is 6.19. The number of hydrazine groups is 2. The van der Waals surface area contributed by atoms with Crippen LogP contribution in [0.3, 0.4) is 0 Å². The van der Waals surface area contributed by atoms with Gasteiger partial charge in [0.1, 0.15) is 0 Å². The summed E-state index contributed by atoms with van der Waals surface area (Å²) in [5.74, 6) is 0. The van der Waals surface area contributed by atoms with Gasteiger partial charge in [-0.15, -0.1) is 5.53 Å². The Morgan fingerprint density at radius 1 is 1.00 bits per heavy atom. The predicted octanol–water partition coefficient (Wildman–Crippen LogP) is 2.28. The summed E-state index contributed by atoms with van der Waals surface area (Å²) in [7, 11) is 0. The van der Waals surface area contributed by atoms with Gasteiger partial charge in [-0.1, -0.05) is 19.9 Å². The molecule has 2 rings (SSSR count). The first-order chi connectivity index (χ1) is 5.86. The quantitative estimate of drug-likeness (QED) is 0.552. The Bertz CT molecular complexity index is 258. The summed E-state index contributed by atoms with van der Waals surface area (Å²) >= 11 is 0. The molecule has 1 heterocycles. The summed E-state index contributed by atoms with van der Waals surface area (Å²) in [6.07, 6.45) is 0. The summed E-state index contributed by atoms with van der Waals surface area (Å²) in [5, 5.41) is 0. The first-order valence-electron chi connectivity index (χ1n) is 4.24. The Morgan fingerprint density at radius 2 is 1.67 bits per heavy atom. The Morgan fingerprint density at radius 3 is 2.42 bits per heavy atom. The van der Waals surface area contributed by atoms with Crippen molar-refractivity contribution in [3.63, 3.8) is 0 Å². The highest BCUT2D eigenvalue weighted by Gasteiger charge is 2.06. The SMILES string of the molecule is CC.Cc1ccc2c(c1)NNN2. The van der Waals surface area contributed by atoms with Crippen LogP contribution in [-0.4, -0.2) is 0 Å². The van der Waals surface area contributed by atoms with Crippen LogP contribution in [0.4, 0.5) is 11.4 Å². The van der Waals surface area contributed by atoms with Crippen molar-refractivity contribution in [3.05, 3.63) is 23.8 Å². The van der Waals surface area contributed by atoms with Gasteiger partial charge in [0.25, 0.3) is 0 Å². The van der Waals surface area contributed by atoms with Crippen molar-refractivity contribution in [1.82, 2.24) is 5.53 Å². The smallest absolute Gasteiger partial charge is 0.0753 e. The number of anilines is 2. The lowest BCUT2D eigenvalue weighted by atomic mass is 10.2. The molecule has 0 spiro atoms. The maximum Gasteiger partial charge on any atom is 0.0753 e. The monoisotopic (exact) mass is 165 g/mol. The molecule has 0 bridgehead atoms. The number of hydrogen-bond donors (Lipinski definition) is 3. The molecule has 1 aliphatic rings. The molecule has 1 aromatic carbocycles. The third-order valence-electron chi connectivity index (χ3n) is 1.57. The van der Waals surface area contributed by atoms with Crippen molar-refractivity contribution >= 4 is 11.4 Å². The molecule has 3 heteroatoms. The van der Waals surface area contributed by atoms with Gasteiger partial charge in [0.05, 0.1) is 11.4 Å². The molecule has 0 unspecified atom stereocenters. The molecule has 0 fully saturated rings. The second kappa shape index (κ2) is 3.97. The zero-order valence-electron chi connectivity index (χ0n) is 7.73. The van der Waals surface area contributed by atoms with E-state index in [-0.39, 0.29) is 0 Å². The largest absolute Gasteiger partial charge is 0.302 e. The molecule has 0 aromatic heterocycles. The summed E-state index contributed by atoms with van der Waals surface area (Å²) in [5.41, 5.74) is 12.2. The first kappa shape index (κ1) is 8.87. The van der Waals surface area contributed by atoms with Crippen LogP contribution in [0.5, 0.6) is 0 Å². The first-order valence-corrected chi connectivity index (χ1v) is 4.24. The number of hydrogen-bond acceptors (Lipinski definition) is 3. The fraction of sp³-hybridized carbons (Fsp3) is 0.333. The van der Waals surface area contributed by atoms with Gasteiger partial charge in [0, 0.05) is 0 Å². The average Bonchev–Trinajstić information content (AvgIpc) is 2.54. The predicted molar refractivity (Wildman–Crippen MR) is 52.9 cm³/mol. The minimum atomic E-state index is 1.10. The fourth-order valence-corrected chi connectivity index (χ4v) is 1.04. The fourth-order valence-electron chi connectivity index (χ4n) is 1.04. The van der Waals surface area contributed by atoms with Crippen LogP contribution in [0.25, 0.3) is 0 Å². The highest BCUT2D eigenvalue weighted by atomic mass is 15.6. The number of nitrogens with one attached hydrogen (secondary N) is 3. The van der Waals surface area contributed by atoms with Gasteiger partial charge in [-0.05, 0) is 24.6 Å². The normalized spacial score (nSPS) is 11.9. The van der Waals surface area contributed by atoms with Crippen molar-refractivity contribution < 1.29 is 0 Å². The van der Waals surface area contributed by atoms with Crippen molar-refractivity contribution in [2.24, 2.45) is 0 Å². The van der Waals surface area contributed by atoms with E-state index in [1.165, 1.54) is 5.56 Å². The van der Waals surface area contributed by atoms with E-state index < -0.39 is 0 Å². The van der Waals surface area contributed by atoms with Crippen LogP contribution < -0.4 is 16.4 Å². The number of benzene rings is 1. The summed E-state index contributed by atoms with van der Waals surface area (Å²) in [4.78, 5) is 0. The van der Waals surface area contributed by atoms with Crippen molar-refractivity contribution in [1.29, 1.82) is 0 Å². The molecule has 0 atom stereocenters. The van der Waals surface area contributed by atoms with Gasteiger partial charge in [-0.25, -0.2) is 0 Å². The van der Waals surface area contributed by atoms with E-state index in [9.17, 15) is 0 Å². The molecular formula is C9H15N3. The van der Waals surface area contributed by atoms with Gasteiger partial charge in [0.15, 0.2) is 0 Å². The number of fused-ring (bicyclic) bond motifs is 1. The van der Waals surface area contributed by atoms with E-state index in [0.717, 1.165) is 11.4 Å². The maximum absolute atomic E-state index is 2.98. The molecule has 0 saturated heterocycles. The van der Waals surface area contributed by atoms with Crippen LogP contribution in [0.15, 0.2) is 18.2 Å². The van der Waals surface area contributed by atoms with Gasteiger partial charge >= 0.3 is 0 Å². The molecule has 66 valence electrons. The van der Waals surface area contributed by atoms with Gasteiger partial charge in [-0.3, -0.25) is 0 Å². The van der Waals surface area contributed by atoms with E-state index in [2.05, 4.69) is 35.4 Å². The molecular weight excluding hydrogens is 150 g/mol. The lowest BCUT2D eigenvalue weighted by Crippen LogP contribution is -2.19. The topological polar surface area (TPSA) is 36.1 Å². The van der Waals surface area contributed by atoms with Gasteiger partial charge in [-0.2, -0.15) is 0 Å². The lowest BCUT2D eigenvalue weighted by molar-refractivity contribution is 1.01. The summed E-state index contributed by atoms with van der Waals surface area (Å²) < 4.78 is 0. The highest BCUT2D eigenvalue weighted by Crippen LogP contribution is 2.24. The van der Waals surface area contributed by atoms with Gasteiger partial charge in [0.2, 0.25) is 0 Å². The third-order valence-corrected chi connectivity index (χ3v) is 1.57. The molecule has 0 amide bonds. The van der Waals surface area contributed by atoms with E-state index in [1.807, 2.05) is 19.9 Å². The van der Waals surface area contributed by atoms with Gasteiger partial charge < -0.3 is 10.9 Å². The van der Waals surface area contributed by atoms with E-state index in [1.54, 1.807) is 0 Å². The number of aryl methyl sites for hydroxylation is 1. The Kier molecular flexibility index (Phi) is 2.94. The Hall–Kier alpha value is -1.22. The van der Waals surface area contributed by atoms with Crippen LogP contribution in [0.2, 0.25) is 0 Å². The second-order valence-electron chi connectivity index (χ2n) is 2.42. The molecule has 3 N–H and O–H groups in total. The molecule has 0 aliphatic carbocycles. The zero-order valence-corrected chi connectivity index (χ0v) is 7.73. The highest BCUT2D eigenvalue weighted by molar-refractivity contribution is 5.72. The second-order valence-corrected chi connectivity index (χ2v) is 2.42. The molecule has 0 radical (unpaired) electrons. The van der Waals surface area contributed by atoms with E-state index in [0.29, 0.717) is 0 Å². The number of rotatable bonds is 0. The third kappa shape index (κ3) is 1.68. The van der Waals surface area contributed by atoms with Crippen molar-refractivity contribution in [3.8, 4) is 0 Å². The Balaban J connectivity index is 0.000000336. The van der Waals surface area contributed by atoms with Crippen LogP contribution in [-0.2, 0) is 0 Å². The van der Waals surface area contributed by atoms with E-state index >= 15 is 0 Å². The Labute approximate surface area is 73.1 Å². The maximum atomic E-state index is 2.98. The average molecular weight is 165 g/mol. The summed E-state index contributed by atoms with van der Waals surface area (Å²) in [6.45, 7) is 6.07. The van der Waals surface area contributed by atoms with Crippen LogP contribution in [0.1, 0.15) is 19.4 Å². The molecule has 12 heavy (non-hydrogen) atoms. The molecule has 0 saturated carbocycles.